The third-order valence-corrected chi connectivity index (χ3v) is 14.2. The van der Waals surface area contributed by atoms with Gasteiger partial charge in [0.25, 0.3) is 11.8 Å². The highest BCUT2D eigenvalue weighted by molar-refractivity contribution is 6.31. The number of aliphatic hydroxyl groups excluding tert-OH is 2. The molecule has 12 N–H and O–H groups in total. The van der Waals surface area contributed by atoms with Crippen LogP contribution >= 0.6 is 0 Å². The Labute approximate surface area is 453 Å². The molecule has 79 heavy (non-hydrogen) atoms. The molecule has 0 bridgehead atoms. The second-order valence-electron chi connectivity index (χ2n) is 20.5. The van der Waals surface area contributed by atoms with E-state index in [1.54, 1.807) is 13.8 Å². The predicted molar refractivity (Wildman–Crippen MR) is 272 cm³/mol. The van der Waals surface area contributed by atoms with Gasteiger partial charge in [0.2, 0.25) is 41.2 Å². The van der Waals surface area contributed by atoms with Gasteiger partial charge in [0.1, 0.15) is 59.7 Å². The van der Waals surface area contributed by atoms with Crippen molar-refractivity contribution in [1.82, 2.24) is 31.5 Å². The number of imide groups is 1. The van der Waals surface area contributed by atoms with Crippen LogP contribution in [0.2, 0.25) is 0 Å². The van der Waals surface area contributed by atoms with E-state index in [1.807, 2.05) is 0 Å². The van der Waals surface area contributed by atoms with Crippen molar-refractivity contribution in [1.29, 1.82) is 0 Å². The number of aromatic hydroxyl groups is 2. The number of benzene rings is 2. The van der Waals surface area contributed by atoms with Crippen LogP contribution in [-0.4, -0.2) is 170 Å². The first-order valence-electron chi connectivity index (χ1n) is 25.8. The van der Waals surface area contributed by atoms with Crippen molar-refractivity contribution in [2.75, 3.05) is 20.3 Å². The standard InChI is InChI=1S/C53H67N7O19/c1-23(2)17-30(59-52(75)31(18-35(54)63)58-50(73)25(4)56-49(72)24(3)55-36(64)13-8-7-9-16-60-37(65)14-15-38(60)66)51(74)57-29-19-39(78-26(5)44(29)67)79-33-21-53(76,34(62)22-61)20-28-41(33)48(71)43-42(46(28)69)45(68)27-11-10-12-32(77-6)40(27)47(43)70/h10-12,14-15,23-26,29-31,33,39,44,61,67,69,71,76H,7-9,13,16-22H2,1-6H3,(H2,54,63)(H,55,64)(H,56,72)(H,57,74)(H,58,73)(H,59,75)/t24-,25-,26-,29-,30-,31-,33-,39-,44+,53-/m0/s1. The van der Waals surface area contributed by atoms with Crippen molar-refractivity contribution >= 4 is 64.6 Å². The minimum Gasteiger partial charge on any atom is -0.507 e. The molecule has 2 aromatic carbocycles. The lowest BCUT2D eigenvalue weighted by Gasteiger charge is -2.43. The number of fused-ring (bicyclic) bond motifs is 3. The number of phenols is 2. The zero-order valence-electron chi connectivity index (χ0n) is 44.4. The van der Waals surface area contributed by atoms with Gasteiger partial charge in [0.05, 0.1) is 48.5 Å². The van der Waals surface area contributed by atoms with Gasteiger partial charge in [0, 0.05) is 61.1 Å². The molecule has 2 aliphatic carbocycles. The molecule has 2 heterocycles. The SMILES string of the molecule is COc1cccc2c1C(=O)c1c(O)c3c(c(O)c1C2=O)C[C@@](O)(C(=O)CO)C[C@@H]3O[C@H]1C[C@H](NC(=O)[C@H](CC(C)C)NC(=O)[C@H](CC(N)=O)NC(=O)[C@H](C)NC(=O)[C@H](C)NC(=O)CCCCCN2C(=O)C=CC2=O)[C@H](O)[C@H](C)O1. The Kier molecular flexibility index (Phi) is 19.5. The number of aliphatic hydroxyl groups is 3. The fraction of sp³-hybridized carbons (Fsp3) is 0.528. The van der Waals surface area contributed by atoms with Crippen molar-refractivity contribution in [2.45, 2.75) is 153 Å². The summed E-state index contributed by atoms with van der Waals surface area (Å²) in [4.78, 5) is 145. The number of carbonyl (C=O) groups excluding carboxylic acids is 11. The number of Topliss-reactive ketones (excluding diaryl/α,β-unsaturated/α-hetero) is 1. The highest BCUT2D eigenvalue weighted by atomic mass is 16.7. The summed E-state index contributed by atoms with van der Waals surface area (Å²) in [5.74, 6) is -10.7. The molecule has 0 unspecified atom stereocenters. The predicted octanol–water partition coefficient (Wildman–Crippen LogP) is -1.46. The largest absolute Gasteiger partial charge is 0.507 e. The van der Waals surface area contributed by atoms with E-state index in [4.69, 9.17) is 19.9 Å². The average molecular weight is 1110 g/mol. The molecule has 2 aliphatic heterocycles. The summed E-state index contributed by atoms with van der Waals surface area (Å²) in [7, 11) is 1.26. The Balaban J connectivity index is 1.12. The number of nitrogens with zero attached hydrogens (tertiary/aromatic N) is 1. The minimum absolute atomic E-state index is 0.00366. The summed E-state index contributed by atoms with van der Waals surface area (Å²) in [6.07, 6.45) is -4.48. The summed E-state index contributed by atoms with van der Waals surface area (Å²) in [5, 5.41) is 69.1. The summed E-state index contributed by atoms with van der Waals surface area (Å²) in [6.45, 7) is 6.57. The van der Waals surface area contributed by atoms with Crippen LogP contribution in [0.15, 0.2) is 30.4 Å². The van der Waals surface area contributed by atoms with Gasteiger partial charge in [-0.1, -0.05) is 32.4 Å². The molecule has 0 saturated carbocycles. The number of rotatable bonds is 24. The van der Waals surface area contributed by atoms with Crippen molar-refractivity contribution in [3.05, 3.63) is 63.7 Å². The van der Waals surface area contributed by atoms with Crippen LogP contribution in [0.25, 0.3) is 0 Å². The monoisotopic (exact) mass is 1110 g/mol. The van der Waals surface area contributed by atoms with Crippen LogP contribution in [0.5, 0.6) is 17.2 Å². The molecule has 6 rings (SSSR count). The molecule has 1 fully saturated rings. The van der Waals surface area contributed by atoms with Crippen molar-refractivity contribution in [2.24, 2.45) is 11.7 Å². The Bertz CT molecular complexity index is 2820. The van der Waals surface area contributed by atoms with E-state index in [9.17, 15) is 78.3 Å². The van der Waals surface area contributed by atoms with Gasteiger partial charge in [-0.25, -0.2) is 0 Å². The molecule has 428 valence electrons. The molecule has 0 aromatic heterocycles. The number of unbranched alkanes of at least 4 members (excludes halogenated alkanes) is 2. The van der Waals surface area contributed by atoms with Crippen molar-refractivity contribution < 1.29 is 92.5 Å². The molecular weight excluding hydrogens is 1040 g/mol. The van der Waals surface area contributed by atoms with Crippen LogP contribution in [0.1, 0.15) is 135 Å². The molecule has 26 nitrogen and oxygen atoms in total. The van der Waals surface area contributed by atoms with Crippen molar-refractivity contribution in [3.63, 3.8) is 0 Å². The van der Waals surface area contributed by atoms with E-state index in [0.29, 0.717) is 19.3 Å². The summed E-state index contributed by atoms with van der Waals surface area (Å²) in [6, 6.07) is -2.56. The molecule has 2 aromatic rings. The molecule has 4 aliphatic rings. The third kappa shape index (κ3) is 13.6. The Morgan fingerprint density at radius 2 is 1.46 bits per heavy atom. The lowest BCUT2D eigenvalue weighted by atomic mass is 9.72. The van der Waals surface area contributed by atoms with Gasteiger partial charge in [-0.15, -0.1) is 0 Å². The van der Waals surface area contributed by atoms with Gasteiger partial charge in [-0.3, -0.25) is 57.6 Å². The van der Waals surface area contributed by atoms with E-state index >= 15 is 0 Å². The van der Waals surface area contributed by atoms with E-state index in [0.717, 1.165) is 4.90 Å². The number of ether oxygens (including phenoxy) is 3. The number of phenolic OH excluding ortho intramolecular Hbond substituents is 2. The van der Waals surface area contributed by atoms with Gasteiger partial charge in [0.15, 0.2) is 17.9 Å². The fourth-order valence-corrected chi connectivity index (χ4v) is 9.99. The lowest BCUT2D eigenvalue weighted by molar-refractivity contribution is -0.249. The van der Waals surface area contributed by atoms with Gasteiger partial charge < -0.3 is 72.1 Å². The molecular formula is C53H67N7O19. The maximum atomic E-state index is 14.2. The highest BCUT2D eigenvalue weighted by Gasteiger charge is 2.51. The van der Waals surface area contributed by atoms with E-state index in [-0.39, 0.29) is 59.7 Å². The molecule has 26 heteroatoms. The maximum Gasteiger partial charge on any atom is 0.253 e. The molecule has 10 atom stereocenters. The van der Waals surface area contributed by atoms with Crippen LogP contribution < -0.4 is 37.1 Å². The quantitative estimate of drug-likeness (QED) is 0.0277. The molecule has 1 saturated heterocycles. The number of carbonyl (C=O) groups is 11. The highest BCUT2D eigenvalue weighted by Crippen LogP contribution is 2.52. The van der Waals surface area contributed by atoms with E-state index in [2.05, 4.69) is 26.6 Å². The first-order chi connectivity index (χ1) is 37.2. The smallest absolute Gasteiger partial charge is 0.253 e. The minimum atomic E-state index is -2.47. The molecule has 8 amide bonds. The van der Waals surface area contributed by atoms with Crippen molar-refractivity contribution in [3.8, 4) is 17.2 Å². The van der Waals surface area contributed by atoms with Crippen LogP contribution in [0.3, 0.4) is 0 Å². The number of hydrogen-bond donors (Lipinski definition) is 11. The third-order valence-electron chi connectivity index (χ3n) is 14.2. The number of amides is 8. The summed E-state index contributed by atoms with van der Waals surface area (Å²) < 4.78 is 17.6. The summed E-state index contributed by atoms with van der Waals surface area (Å²) >= 11 is 0. The fourth-order valence-electron chi connectivity index (χ4n) is 9.99. The first kappa shape index (κ1) is 60.6. The Morgan fingerprint density at radius 3 is 2.09 bits per heavy atom. The lowest BCUT2D eigenvalue weighted by Crippen LogP contribution is -2.61. The zero-order valence-corrected chi connectivity index (χ0v) is 44.4. The van der Waals surface area contributed by atoms with E-state index < -0.39 is 174 Å². The number of nitrogens with one attached hydrogen (secondary N) is 5. The van der Waals surface area contributed by atoms with Crippen LogP contribution in [-0.2, 0) is 59.0 Å². The number of methoxy groups -OCH3 is 1. The zero-order chi connectivity index (χ0) is 58.4. The first-order valence-corrected chi connectivity index (χ1v) is 25.8. The number of primary amides is 1. The normalized spacial score (nSPS) is 22.9. The number of nitrogens with two attached hydrogens (primary N) is 1. The maximum absolute atomic E-state index is 14.2. The van der Waals surface area contributed by atoms with E-state index in [1.165, 1.54) is 58.2 Å². The Hall–Kier alpha value is -7.65. The molecule has 0 spiro atoms. The number of hydrogen-bond acceptors (Lipinski definition) is 19. The second kappa shape index (κ2) is 25.4. The topological polar surface area (TPSA) is 406 Å². The van der Waals surface area contributed by atoms with Crippen LogP contribution in [0, 0.1) is 5.92 Å². The second-order valence-corrected chi connectivity index (χ2v) is 20.5. The number of ketones is 3. The Morgan fingerprint density at radius 1 is 0.823 bits per heavy atom. The van der Waals surface area contributed by atoms with Gasteiger partial charge in [-0.05, 0) is 52.0 Å². The van der Waals surface area contributed by atoms with Gasteiger partial charge in [-0.2, -0.15) is 0 Å². The van der Waals surface area contributed by atoms with Gasteiger partial charge >= 0.3 is 0 Å². The molecule has 0 radical (unpaired) electrons. The average Bonchev–Trinajstić information content (AvgIpc) is 3.36. The van der Waals surface area contributed by atoms with Crippen LogP contribution in [0.4, 0.5) is 0 Å². The summed E-state index contributed by atoms with van der Waals surface area (Å²) in [5.41, 5.74) is 0.765.